The average molecular weight is 488 g/mol. The van der Waals surface area contributed by atoms with E-state index in [2.05, 4.69) is 15.5 Å². The number of ether oxygens (including phenoxy) is 2. The van der Waals surface area contributed by atoms with Crippen LogP contribution in [-0.4, -0.2) is 33.5 Å². The number of anilines is 1. The van der Waals surface area contributed by atoms with E-state index in [9.17, 15) is 4.79 Å². The second-order valence-electron chi connectivity index (χ2n) is 6.01. The Hall–Kier alpha value is -2.13. The third kappa shape index (κ3) is 5.72. The van der Waals surface area contributed by atoms with Crippen LogP contribution in [0.4, 0.5) is 5.69 Å². The molecule has 0 atom stereocenters. The normalized spacial score (nSPS) is 10.7. The lowest BCUT2D eigenvalue weighted by Crippen LogP contribution is -2.15. The zero-order valence-corrected chi connectivity index (χ0v) is 19.1. The molecule has 0 aliphatic heterocycles. The summed E-state index contributed by atoms with van der Waals surface area (Å²) in [6.45, 7) is 0.238. The van der Waals surface area contributed by atoms with E-state index in [0.717, 1.165) is 5.75 Å². The molecule has 0 fully saturated rings. The predicted molar refractivity (Wildman–Crippen MR) is 119 cm³/mol. The number of amides is 1. The van der Waals surface area contributed by atoms with Crippen LogP contribution in [0.25, 0.3) is 0 Å². The lowest BCUT2D eigenvalue weighted by molar-refractivity contribution is -0.113. The minimum absolute atomic E-state index is 0.113. The molecule has 2 aromatic carbocycles. The summed E-state index contributed by atoms with van der Waals surface area (Å²) in [5.41, 5.74) is 0.392. The topological polar surface area (TPSA) is 78.3 Å². The fourth-order valence-corrected chi connectivity index (χ4v) is 3.68. The molecule has 0 bridgehead atoms. The van der Waals surface area contributed by atoms with E-state index >= 15 is 0 Å². The van der Waals surface area contributed by atoms with E-state index < -0.39 is 0 Å². The van der Waals surface area contributed by atoms with Crippen LogP contribution >= 0.6 is 46.6 Å². The van der Waals surface area contributed by atoms with Gasteiger partial charge >= 0.3 is 0 Å². The van der Waals surface area contributed by atoms with Crippen LogP contribution in [-0.2, 0) is 18.4 Å². The van der Waals surface area contributed by atoms with Crippen LogP contribution in [0.5, 0.6) is 11.5 Å². The van der Waals surface area contributed by atoms with Crippen molar-refractivity contribution in [2.75, 3.05) is 18.2 Å². The van der Waals surface area contributed by atoms with Gasteiger partial charge in [0.2, 0.25) is 5.91 Å². The van der Waals surface area contributed by atoms with Gasteiger partial charge in [0.05, 0.1) is 33.6 Å². The minimum Gasteiger partial charge on any atom is -0.497 e. The zero-order valence-electron chi connectivity index (χ0n) is 16.0. The van der Waals surface area contributed by atoms with Crippen molar-refractivity contribution >= 4 is 58.2 Å². The van der Waals surface area contributed by atoms with E-state index in [0.29, 0.717) is 37.5 Å². The quantitative estimate of drug-likeness (QED) is 0.352. The number of nitrogens with one attached hydrogen (secondary N) is 1. The maximum absolute atomic E-state index is 12.3. The first-order chi connectivity index (χ1) is 14.4. The van der Waals surface area contributed by atoms with E-state index in [-0.39, 0.29) is 18.3 Å². The van der Waals surface area contributed by atoms with Crippen molar-refractivity contribution in [2.24, 2.45) is 7.05 Å². The van der Waals surface area contributed by atoms with E-state index in [1.807, 2.05) is 31.3 Å². The molecule has 3 rings (SSSR count). The van der Waals surface area contributed by atoms with Crippen LogP contribution < -0.4 is 14.8 Å². The molecular formula is C19H17Cl3N4O3S. The maximum Gasteiger partial charge on any atom is 0.234 e. The highest BCUT2D eigenvalue weighted by Crippen LogP contribution is 2.32. The van der Waals surface area contributed by atoms with Gasteiger partial charge < -0.3 is 19.4 Å². The van der Waals surface area contributed by atoms with Gasteiger partial charge in [0.25, 0.3) is 0 Å². The summed E-state index contributed by atoms with van der Waals surface area (Å²) in [7, 11) is 3.41. The SMILES string of the molecule is COc1ccc(OCc2nnc(SCC(=O)Nc3cc(Cl)c(Cl)cc3Cl)n2C)cc1. The number of aromatic nitrogens is 3. The second-order valence-corrected chi connectivity index (χ2v) is 8.17. The molecule has 3 aromatic rings. The molecular weight excluding hydrogens is 471 g/mol. The number of hydrogen-bond donors (Lipinski definition) is 1. The summed E-state index contributed by atoms with van der Waals surface area (Å²) in [6.07, 6.45) is 0. The fourth-order valence-electron chi connectivity index (χ4n) is 2.35. The third-order valence-electron chi connectivity index (χ3n) is 3.97. The van der Waals surface area contributed by atoms with Crippen LogP contribution in [0.2, 0.25) is 15.1 Å². The maximum atomic E-state index is 12.3. The van der Waals surface area contributed by atoms with Crippen molar-refractivity contribution in [3.05, 3.63) is 57.3 Å². The summed E-state index contributed by atoms with van der Waals surface area (Å²) in [5.74, 6) is 1.91. The average Bonchev–Trinajstić information content (AvgIpc) is 3.09. The predicted octanol–water partition coefficient (Wildman–Crippen LogP) is 5.09. The largest absolute Gasteiger partial charge is 0.497 e. The lowest BCUT2D eigenvalue weighted by Gasteiger charge is -2.09. The molecule has 0 saturated heterocycles. The molecule has 1 aromatic heterocycles. The molecule has 0 saturated carbocycles. The second kappa shape index (κ2) is 10.3. The highest BCUT2D eigenvalue weighted by molar-refractivity contribution is 7.99. The Morgan fingerprint density at radius 2 is 1.73 bits per heavy atom. The van der Waals surface area contributed by atoms with E-state index in [4.69, 9.17) is 44.3 Å². The highest BCUT2D eigenvalue weighted by Gasteiger charge is 2.14. The van der Waals surface area contributed by atoms with Crippen molar-refractivity contribution < 1.29 is 14.3 Å². The minimum atomic E-state index is -0.265. The zero-order chi connectivity index (χ0) is 21.7. The number of rotatable bonds is 8. The molecule has 0 unspecified atom stereocenters. The van der Waals surface area contributed by atoms with Gasteiger partial charge in [-0.05, 0) is 36.4 Å². The van der Waals surface area contributed by atoms with Gasteiger partial charge in [-0.15, -0.1) is 10.2 Å². The Morgan fingerprint density at radius 3 is 2.43 bits per heavy atom. The summed E-state index contributed by atoms with van der Waals surface area (Å²) in [5, 5.41) is 12.4. The highest BCUT2D eigenvalue weighted by atomic mass is 35.5. The van der Waals surface area contributed by atoms with Crippen molar-refractivity contribution in [1.29, 1.82) is 0 Å². The summed E-state index contributed by atoms with van der Waals surface area (Å²) in [6, 6.07) is 10.2. The summed E-state index contributed by atoms with van der Waals surface area (Å²) < 4.78 is 12.6. The summed E-state index contributed by atoms with van der Waals surface area (Å²) in [4.78, 5) is 12.3. The number of halogens is 3. The Morgan fingerprint density at radius 1 is 1.07 bits per heavy atom. The molecule has 0 radical (unpaired) electrons. The number of methoxy groups -OCH3 is 1. The third-order valence-corrected chi connectivity index (χ3v) is 6.02. The fraction of sp³-hybridized carbons (Fsp3) is 0.211. The lowest BCUT2D eigenvalue weighted by atomic mass is 10.3. The molecule has 1 heterocycles. The van der Waals surface area contributed by atoms with Crippen molar-refractivity contribution in [2.45, 2.75) is 11.8 Å². The molecule has 0 aliphatic carbocycles. The number of carbonyl (C=O) groups excluding carboxylic acids is 1. The first kappa shape index (κ1) is 22.6. The van der Waals surface area contributed by atoms with Gasteiger partial charge in [-0.1, -0.05) is 46.6 Å². The monoisotopic (exact) mass is 486 g/mol. The molecule has 1 N–H and O–H groups in total. The van der Waals surface area contributed by atoms with Crippen LogP contribution in [0.1, 0.15) is 5.82 Å². The van der Waals surface area contributed by atoms with Gasteiger partial charge in [-0.25, -0.2) is 0 Å². The van der Waals surface area contributed by atoms with Gasteiger partial charge in [-0.3, -0.25) is 4.79 Å². The number of carbonyl (C=O) groups is 1. The molecule has 30 heavy (non-hydrogen) atoms. The molecule has 0 aliphatic rings. The molecule has 1 amide bonds. The van der Waals surface area contributed by atoms with Gasteiger partial charge in [0.1, 0.15) is 18.1 Å². The van der Waals surface area contributed by atoms with Gasteiger partial charge in [-0.2, -0.15) is 0 Å². The summed E-state index contributed by atoms with van der Waals surface area (Å²) >= 11 is 19.2. The molecule has 0 spiro atoms. The Labute approximate surface area is 192 Å². The van der Waals surface area contributed by atoms with Gasteiger partial charge in [0, 0.05) is 7.05 Å². The molecule has 158 valence electrons. The van der Waals surface area contributed by atoms with Crippen LogP contribution in [0.3, 0.4) is 0 Å². The van der Waals surface area contributed by atoms with Gasteiger partial charge in [0.15, 0.2) is 11.0 Å². The standard InChI is InChI=1S/C19H17Cl3N4O3S/c1-26-17(9-29-12-5-3-11(28-2)4-6-12)24-25-19(26)30-10-18(27)23-16-8-14(21)13(20)7-15(16)22/h3-8H,9-10H2,1-2H3,(H,23,27). The first-order valence-electron chi connectivity index (χ1n) is 8.59. The van der Waals surface area contributed by atoms with Crippen molar-refractivity contribution in [3.8, 4) is 11.5 Å². The smallest absolute Gasteiger partial charge is 0.234 e. The number of thioether (sulfide) groups is 1. The van der Waals surface area contributed by atoms with Crippen molar-refractivity contribution in [1.82, 2.24) is 14.8 Å². The number of nitrogens with zero attached hydrogens (tertiary/aromatic N) is 3. The van der Waals surface area contributed by atoms with E-state index in [1.165, 1.54) is 23.9 Å². The van der Waals surface area contributed by atoms with Crippen LogP contribution in [0.15, 0.2) is 41.6 Å². The van der Waals surface area contributed by atoms with Crippen LogP contribution in [0, 0.1) is 0 Å². The first-order valence-corrected chi connectivity index (χ1v) is 10.7. The Bertz CT molecular complexity index is 1040. The van der Waals surface area contributed by atoms with E-state index in [1.54, 1.807) is 11.7 Å². The Balaban J connectivity index is 1.54. The Kier molecular flexibility index (Phi) is 7.71. The molecule has 7 nitrogen and oxygen atoms in total. The number of hydrogen-bond acceptors (Lipinski definition) is 6. The molecule has 11 heteroatoms. The number of benzene rings is 2. The van der Waals surface area contributed by atoms with Crippen molar-refractivity contribution in [3.63, 3.8) is 0 Å².